The van der Waals surface area contributed by atoms with Crippen LogP contribution in [0.5, 0.6) is 5.75 Å². The monoisotopic (exact) mass is 460 g/mol. The van der Waals surface area contributed by atoms with Gasteiger partial charge in [-0.1, -0.05) is 11.6 Å². The van der Waals surface area contributed by atoms with Gasteiger partial charge in [0.15, 0.2) is 5.75 Å². The number of nitrogens with zero attached hydrogens (tertiary/aromatic N) is 2. The molecule has 2 aliphatic heterocycles. The lowest BCUT2D eigenvalue weighted by Crippen LogP contribution is -2.50. The molecule has 1 fully saturated rings. The van der Waals surface area contributed by atoms with E-state index < -0.39 is 23.4 Å². The van der Waals surface area contributed by atoms with Crippen molar-refractivity contribution in [2.45, 2.75) is 26.4 Å². The van der Waals surface area contributed by atoms with Gasteiger partial charge < -0.3 is 19.3 Å². The van der Waals surface area contributed by atoms with E-state index in [1.54, 1.807) is 26.8 Å². The first kappa shape index (κ1) is 19.9. The molecule has 1 aromatic rings. The third kappa shape index (κ3) is 4.06. The standard InChI is InChI=1S/C18H19BrClFN2O4/c1-18(2,3)27-17(25)22-5-6-23-10(9-22)4-7-26-15-11(16(23)24)8-12(21)13(19)14(15)20/h4,8H,5-7,9H2,1-3H3/b10-4-. The van der Waals surface area contributed by atoms with Crippen LogP contribution in [0.15, 0.2) is 22.3 Å². The van der Waals surface area contributed by atoms with Gasteiger partial charge in [-0.2, -0.15) is 0 Å². The zero-order valence-corrected chi connectivity index (χ0v) is 17.5. The van der Waals surface area contributed by atoms with E-state index in [1.165, 1.54) is 9.80 Å². The average molecular weight is 462 g/mol. The van der Waals surface area contributed by atoms with Crippen LogP contribution in [-0.2, 0) is 4.74 Å². The third-order valence-electron chi connectivity index (χ3n) is 4.08. The molecule has 0 unspecified atom stereocenters. The number of amides is 2. The summed E-state index contributed by atoms with van der Waals surface area (Å²) in [6.07, 6.45) is 1.27. The molecular formula is C18H19BrClFN2O4. The number of benzene rings is 1. The van der Waals surface area contributed by atoms with Gasteiger partial charge in [0.2, 0.25) is 0 Å². The van der Waals surface area contributed by atoms with Crippen LogP contribution in [0.2, 0.25) is 5.02 Å². The summed E-state index contributed by atoms with van der Waals surface area (Å²) in [6, 6.07) is 1.11. The summed E-state index contributed by atoms with van der Waals surface area (Å²) in [6.45, 7) is 6.28. The first-order chi connectivity index (χ1) is 12.6. The second-order valence-electron chi connectivity index (χ2n) is 7.23. The number of fused-ring (bicyclic) bond motifs is 2. The Morgan fingerprint density at radius 3 is 2.74 bits per heavy atom. The van der Waals surface area contributed by atoms with Crippen LogP contribution in [0.1, 0.15) is 31.1 Å². The predicted octanol–water partition coefficient (Wildman–Crippen LogP) is 4.21. The van der Waals surface area contributed by atoms with Gasteiger partial charge in [-0.3, -0.25) is 4.79 Å². The van der Waals surface area contributed by atoms with Gasteiger partial charge in [-0.05, 0) is 48.8 Å². The molecule has 3 rings (SSSR count). The molecule has 0 bridgehead atoms. The molecule has 27 heavy (non-hydrogen) atoms. The van der Waals surface area contributed by atoms with Crippen molar-refractivity contribution in [2.75, 3.05) is 26.2 Å². The summed E-state index contributed by atoms with van der Waals surface area (Å²) in [5, 5.41) is 0.0163. The lowest BCUT2D eigenvalue weighted by molar-refractivity contribution is 0.0190. The Bertz CT molecular complexity index is 838. The molecule has 6 nitrogen and oxygen atoms in total. The van der Waals surface area contributed by atoms with E-state index in [0.29, 0.717) is 12.2 Å². The van der Waals surface area contributed by atoms with Gasteiger partial charge >= 0.3 is 6.09 Å². The number of carbonyl (C=O) groups is 2. The SMILES string of the molecule is CC(C)(C)OC(=O)N1CCN2C(=O)c3cc(F)c(Br)c(Cl)c3OC/C=C\2C1. The normalized spacial score (nSPS) is 19.2. The highest BCUT2D eigenvalue weighted by Crippen LogP contribution is 2.39. The summed E-state index contributed by atoms with van der Waals surface area (Å²) in [5.41, 5.74) is 0.0440. The Morgan fingerprint density at radius 2 is 2.07 bits per heavy atom. The van der Waals surface area contributed by atoms with Crippen molar-refractivity contribution in [3.05, 3.63) is 38.7 Å². The van der Waals surface area contributed by atoms with Crippen LogP contribution in [-0.4, -0.2) is 53.6 Å². The fourth-order valence-corrected chi connectivity index (χ4v) is 3.40. The molecule has 9 heteroatoms. The molecule has 1 aromatic carbocycles. The molecule has 0 saturated carbocycles. The Kier molecular flexibility index (Phi) is 5.40. The molecule has 0 radical (unpaired) electrons. The molecule has 0 spiro atoms. The largest absolute Gasteiger partial charge is 0.487 e. The van der Waals surface area contributed by atoms with E-state index in [0.717, 1.165) is 6.07 Å². The molecule has 0 aliphatic carbocycles. The first-order valence-electron chi connectivity index (χ1n) is 8.37. The second-order valence-corrected chi connectivity index (χ2v) is 8.40. The molecule has 0 aromatic heterocycles. The van der Waals surface area contributed by atoms with Crippen molar-refractivity contribution in [1.82, 2.24) is 9.80 Å². The summed E-state index contributed by atoms with van der Waals surface area (Å²) in [4.78, 5) is 28.3. The molecule has 1 saturated heterocycles. The molecular weight excluding hydrogens is 443 g/mol. The topological polar surface area (TPSA) is 59.1 Å². The minimum Gasteiger partial charge on any atom is -0.487 e. The lowest BCUT2D eigenvalue weighted by atomic mass is 10.1. The van der Waals surface area contributed by atoms with Gasteiger partial charge in [0, 0.05) is 18.8 Å². The summed E-state index contributed by atoms with van der Waals surface area (Å²) in [5.74, 6) is -0.929. The Morgan fingerprint density at radius 1 is 1.37 bits per heavy atom. The van der Waals surface area contributed by atoms with Crippen LogP contribution >= 0.6 is 27.5 Å². The van der Waals surface area contributed by atoms with E-state index in [2.05, 4.69) is 15.9 Å². The van der Waals surface area contributed by atoms with Crippen molar-refractivity contribution in [2.24, 2.45) is 0 Å². The smallest absolute Gasteiger partial charge is 0.410 e. The van der Waals surface area contributed by atoms with Crippen molar-refractivity contribution < 1.29 is 23.5 Å². The number of piperazine rings is 1. The summed E-state index contributed by atoms with van der Waals surface area (Å²) in [7, 11) is 0. The highest BCUT2D eigenvalue weighted by atomic mass is 79.9. The minimum absolute atomic E-state index is 0.0163. The van der Waals surface area contributed by atoms with Crippen molar-refractivity contribution in [1.29, 1.82) is 0 Å². The van der Waals surface area contributed by atoms with Gasteiger partial charge in [0.1, 0.15) is 23.0 Å². The number of halogens is 3. The quantitative estimate of drug-likeness (QED) is 0.543. The maximum atomic E-state index is 14.1. The maximum absolute atomic E-state index is 14.1. The number of carbonyl (C=O) groups excluding carboxylic acids is 2. The molecule has 2 aliphatic rings. The van der Waals surface area contributed by atoms with Crippen molar-refractivity contribution in [3.8, 4) is 5.75 Å². The molecule has 2 amide bonds. The van der Waals surface area contributed by atoms with Crippen molar-refractivity contribution in [3.63, 3.8) is 0 Å². The second kappa shape index (κ2) is 7.31. The number of hydrogen-bond acceptors (Lipinski definition) is 4. The Hall–Kier alpha value is -1.80. The zero-order chi connectivity index (χ0) is 19.9. The number of hydrogen-bond donors (Lipinski definition) is 0. The maximum Gasteiger partial charge on any atom is 0.410 e. The fourth-order valence-electron chi connectivity index (χ4n) is 2.86. The first-order valence-corrected chi connectivity index (χ1v) is 9.54. The van der Waals surface area contributed by atoms with Crippen LogP contribution in [0.3, 0.4) is 0 Å². The van der Waals surface area contributed by atoms with E-state index in [4.69, 9.17) is 21.1 Å². The van der Waals surface area contributed by atoms with Crippen LogP contribution < -0.4 is 4.74 Å². The number of ether oxygens (including phenoxy) is 2. The predicted molar refractivity (Wildman–Crippen MR) is 102 cm³/mol. The highest BCUT2D eigenvalue weighted by Gasteiger charge is 2.34. The molecule has 2 heterocycles. The van der Waals surface area contributed by atoms with Gasteiger partial charge in [-0.15, -0.1) is 0 Å². The number of rotatable bonds is 0. The summed E-state index contributed by atoms with van der Waals surface area (Å²) >= 11 is 9.19. The van der Waals surface area contributed by atoms with E-state index in [9.17, 15) is 14.0 Å². The van der Waals surface area contributed by atoms with Crippen LogP contribution in [0.4, 0.5) is 9.18 Å². The van der Waals surface area contributed by atoms with Crippen LogP contribution in [0.25, 0.3) is 0 Å². The van der Waals surface area contributed by atoms with Gasteiger partial charge in [0.25, 0.3) is 5.91 Å². The highest BCUT2D eigenvalue weighted by molar-refractivity contribution is 9.10. The van der Waals surface area contributed by atoms with Crippen LogP contribution in [0, 0.1) is 5.82 Å². The van der Waals surface area contributed by atoms with E-state index in [1.807, 2.05) is 0 Å². The Balaban J connectivity index is 1.87. The van der Waals surface area contributed by atoms with Crippen molar-refractivity contribution >= 4 is 39.5 Å². The summed E-state index contributed by atoms with van der Waals surface area (Å²) < 4.78 is 25.1. The third-order valence-corrected chi connectivity index (χ3v) is 5.45. The molecule has 146 valence electrons. The zero-order valence-electron chi connectivity index (χ0n) is 15.1. The van der Waals surface area contributed by atoms with Gasteiger partial charge in [0.05, 0.1) is 16.6 Å². The molecule has 0 atom stereocenters. The molecule has 0 N–H and O–H groups in total. The minimum atomic E-state index is -0.644. The van der Waals surface area contributed by atoms with E-state index in [-0.39, 0.29) is 40.5 Å². The lowest BCUT2D eigenvalue weighted by Gasteiger charge is -2.38. The average Bonchev–Trinajstić information content (AvgIpc) is 2.58. The Labute approximate surface area is 170 Å². The van der Waals surface area contributed by atoms with E-state index >= 15 is 0 Å². The fraction of sp³-hybridized carbons (Fsp3) is 0.444. The van der Waals surface area contributed by atoms with Gasteiger partial charge in [-0.25, -0.2) is 9.18 Å².